The minimum atomic E-state index is -1.78. The number of ether oxygens (including phenoxy) is 12. The highest BCUT2D eigenvalue weighted by atomic mass is 16.8. The first-order valence-corrected chi connectivity index (χ1v) is 29.7. The van der Waals surface area contributed by atoms with Crippen LogP contribution in [0.15, 0.2) is 243 Å². The maximum absolute atomic E-state index is 14.3. The van der Waals surface area contributed by atoms with E-state index < -0.39 is 142 Å². The molecule has 93 heavy (non-hydrogen) atoms. The first-order valence-electron chi connectivity index (χ1n) is 29.7. The van der Waals surface area contributed by atoms with Gasteiger partial charge in [-0.3, -0.25) is 0 Å². The van der Waals surface area contributed by atoms with Crippen LogP contribution >= 0.6 is 0 Å². The highest BCUT2D eigenvalue weighted by Gasteiger charge is 2.56. The molecule has 0 saturated carbocycles. The van der Waals surface area contributed by atoms with Crippen molar-refractivity contribution in [1.82, 2.24) is 0 Å². The van der Waals surface area contributed by atoms with Gasteiger partial charge in [-0.15, -0.1) is 0 Å². The van der Waals surface area contributed by atoms with E-state index in [1.807, 2.05) is 0 Å². The second-order valence-electron chi connectivity index (χ2n) is 21.2. The van der Waals surface area contributed by atoms with Gasteiger partial charge in [-0.25, -0.2) is 38.4 Å². The summed E-state index contributed by atoms with van der Waals surface area (Å²) in [6.07, 6.45) is -17.0. The van der Waals surface area contributed by atoms with Crippen molar-refractivity contribution in [3.05, 3.63) is 287 Å². The molecule has 0 spiro atoms. The maximum atomic E-state index is 14.3. The summed E-state index contributed by atoms with van der Waals surface area (Å²) in [5.74, 6) is -8.12. The summed E-state index contributed by atoms with van der Waals surface area (Å²) in [5.41, 5.74) is 7.22. The molecule has 0 bridgehead atoms. The molecule has 0 aromatic heterocycles. The standard InChI is InChI=1S/C72H63NO20/c73-41-46(42-84-71-61(92-69(80)53-37-21-7-22-38-53)59(90-67(78)51-33-17-5-18-34-51)57(88-65(76)49-29-13-3-14-30-49)55(86-71)44-82-63(74)47-25-9-1-10-26-47)43-85-72-62(93-70(81)54-39-23-8-24-40-54)60(91-68(79)52-35-19-6-20-36-52)58(89-66(77)50-31-15-4-16-32-50)56(87-72)45-83-64(75)48-27-11-2-12-28-48/h1-40,46,55-62,71-72H,41-45,73H2/t55-,56-,57-,58-,59+,60+,61+,62+,71+,72+/m1/s1. The third-order valence-electron chi connectivity index (χ3n) is 14.8. The normalized spacial score (nSPS) is 20.8. The van der Waals surface area contributed by atoms with Gasteiger partial charge in [0, 0.05) is 5.92 Å². The Hall–Kier alpha value is -10.7. The van der Waals surface area contributed by atoms with Crippen molar-refractivity contribution < 1.29 is 95.2 Å². The summed E-state index contributed by atoms with van der Waals surface area (Å²) in [6, 6.07) is 63.0. The van der Waals surface area contributed by atoms with Crippen LogP contribution in [-0.2, 0) is 56.8 Å². The molecular weight excluding hydrogens is 1200 g/mol. The van der Waals surface area contributed by atoms with E-state index in [1.54, 1.807) is 146 Å². The Bertz CT molecular complexity index is 3520. The van der Waals surface area contributed by atoms with E-state index in [1.165, 1.54) is 97.1 Å². The molecule has 476 valence electrons. The molecule has 0 radical (unpaired) electrons. The van der Waals surface area contributed by atoms with Gasteiger partial charge in [0.25, 0.3) is 0 Å². The Kier molecular flexibility index (Phi) is 22.7. The highest BCUT2D eigenvalue weighted by Crippen LogP contribution is 2.35. The lowest BCUT2D eigenvalue weighted by Gasteiger charge is -2.45. The SMILES string of the molecule is NCC(CO[C@H]1O[C@H](COC(=O)c2ccccc2)[C@@H](OC(=O)c2ccccc2)[C@H](OC(=O)c2ccccc2)[C@@H]1OC(=O)c1ccccc1)CO[C@H]1O[C@H](COC(=O)c2ccccc2)[C@@H](OC(=O)c2ccccc2)[C@H](OC(=O)c2ccccc2)[C@@H]1OC(=O)c1ccccc1. The smallest absolute Gasteiger partial charge is 0.338 e. The van der Waals surface area contributed by atoms with E-state index in [-0.39, 0.29) is 51.1 Å². The van der Waals surface area contributed by atoms with Crippen molar-refractivity contribution in [2.24, 2.45) is 11.7 Å². The number of hydrogen-bond acceptors (Lipinski definition) is 21. The van der Waals surface area contributed by atoms with Gasteiger partial charge in [0.2, 0.25) is 0 Å². The number of benzene rings is 8. The van der Waals surface area contributed by atoms with Crippen LogP contribution < -0.4 is 5.73 Å². The van der Waals surface area contributed by atoms with Crippen molar-refractivity contribution in [3.8, 4) is 0 Å². The largest absolute Gasteiger partial charge is 0.459 e. The van der Waals surface area contributed by atoms with E-state index in [0.29, 0.717) is 0 Å². The van der Waals surface area contributed by atoms with Crippen molar-refractivity contribution in [1.29, 1.82) is 0 Å². The molecule has 0 amide bonds. The summed E-state index contributed by atoms with van der Waals surface area (Å²) < 4.78 is 75.2. The first-order chi connectivity index (χ1) is 45.4. The average Bonchev–Trinajstić information content (AvgIpc) is 0.863. The minimum Gasteiger partial charge on any atom is -0.459 e. The fourth-order valence-electron chi connectivity index (χ4n) is 9.97. The van der Waals surface area contributed by atoms with Crippen LogP contribution in [0.25, 0.3) is 0 Å². The molecule has 2 aliphatic rings. The zero-order valence-electron chi connectivity index (χ0n) is 49.7. The number of carbonyl (C=O) groups is 8. The van der Waals surface area contributed by atoms with E-state index in [0.717, 1.165) is 0 Å². The van der Waals surface area contributed by atoms with Gasteiger partial charge >= 0.3 is 47.8 Å². The number of carbonyl (C=O) groups excluding carboxylic acids is 8. The molecule has 2 saturated heterocycles. The third kappa shape index (κ3) is 17.4. The number of esters is 8. The van der Waals surface area contributed by atoms with Gasteiger partial charge in [0.15, 0.2) is 49.2 Å². The van der Waals surface area contributed by atoms with Crippen LogP contribution in [0.4, 0.5) is 0 Å². The molecule has 2 heterocycles. The van der Waals surface area contributed by atoms with Gasteiger partial charge in [-0.2, -0.15) is 0 Å². The van der Waals surface area contributed by atoms with Gasteiger partial charge in [-0.1, -0.05) is 146 Å². The second kappa shape index (κ2) is 32.4. The molecule has 2 N–H and O–H groups in total. The van der Waals surface area contributed by atoms with Crippen LogP contribution in [0.1, 0.15) is 82.9 Å². The van der Waals surface area contributed by atoms with Crippen LogP contribution in [0.5, 0.6) is 0 Å². The molecule has 21 heteroatoms. The van der Waals surface area contributed by atoms with E-state index in [9.17, 15) is 38.4 Å². The van der Waals surface area contributed by atoms with E-state index >= 15 is 0 Å². The molecule has 2 fully saturated rings. The molecule has 2 aliphatic heterocycles. The van der Waals surface area contributed by atoms with Crippen molar-refractivity contribution >= 4 is 47.8 Å². The molecular formula is C72H63NO20. The van der Waals surface area contributed by atoms with E-state index in [4.69, 9.17) is 62.6 Å². The summed E-state index contributed by atoms with van der Waals surface area (Å²) >= 11 is 0. The summed E-state index contributed by atoms with van der Waals surface area (Å²) in [6.45, 7) is -2.44. The molecule has 8 aromatic carbocycles. The monoisotopic (exact) mass is 1260 g/mol. The van der Waals surface area contributed by atoms with E-state index in [2.05, 4.69) is 0 Å². The van der Waals surface area contributed by atoms with Crippen LogP contribution in [0, 0.1) is 5.92 Å². The predicted molar refractivity (Wildman–Crippen MR) is 329 cm³/mol. The minimum absolute atomic E-state index is 0.0576. The first kappa shape index (κ1) is 65.3. The lowest BCUT2D eigenvalue weighted by molar-refractivity contribution is -0.309. The van der Waals surface area contributed by atoms with Gasteiger partial charge in [-0.05, 0) is 104 Å². The predicted octanol–water partition coefficient (Wildman–Crippen LogP) is 9.11. The van der Waals surface area contributed by atoms with Crippen LogP contribution in [0.3, 0.4) is 0 Å². The maximum Gasteiger partial charge on any atom is 0.338 e. The Morgan fingerprint density at radius 2 is 0.495 bits per heavy atom. The fraction of sp³-hybridized carbons (Fsp3) is 0.222. The quantitative estimate of drug-likeness (QED) is 0.0412. The average molecular weight is 1260 g/mol. The fourth-order valence-corrected chi connectivity index (χ4v) is 9.97. The second-order valence-corrected chi connectivity index (χ2v) is 21.2. The van der Waals surface area contributed by atoms with Crippen molar-refractivity contribution in [2.45, 2.75) is 61.4 Å². The van der Waals surface area contributed by atoms with Crippen molar-refractivity contribution in [3.63, 3.8) is 0 Å². The Balaban J connectivity index is 0.998. The molecule has 10 atom stereocenters. The van der Waals surface area contributed by atoms with Crippen LogP contribution in [-0.4, -0.2) is 142 Å². The Labute approximate surface area is 534 Å². The van der Waals surface area contributed by atoms with Gasteiger partial charge < -0.3 is 62.6 Å². The van der Waals surface area contributed by atoms with Crippen LogP contribution in [0.2, 0.25) is 0 Å². The highest BCUT2D eigenvalue weighted by molar-refractivity contribution is 5.93. The van der Waals surface area contributed by atoms with Crippen molar-refractivity contribution in [2.75, 3.05) is 33.0 Å². The molecule has 0 aliphatic carbocycles. The topological polar surface area (TPSA) is 273 Å². The lowest BCUT2D eigenvalue weighted by atomic mass is 9.97. The summed E-state index contributed by atoms with van der Waals surface area (Å²) in [7, 11) is 0. The van der Waals surface area contributed by atoms with Gasteiger partial charge in [0.05, 0.1) is 57.7 Å². The summed E-state index contributed by atoms with van der Waals surface area (Å²) in [5, 5.41) is 0. The Morgan fingerprint density at radius 3 is 0.720 bits per heavy atom. The summed E-state index contributed by atoms with van der Waals surface area (Å²) in [4.78, 5) is 113. The molecule has 21 nitrogen and oxygen atoms in total. The zero-order chi connectivity index (χ0) is 64.9. The number of hydrogen-bond donors (Lipinski definition) is 1. The number of rotatable bonds is 25. The number of nitrogens with two attached hydrogens (primary N) is 1. The lowest BCUT2D eigenvalue weighted by Crippen LogP contribution is -2.63. The Morgan fingerprint density at radius 1 is 0.290 bits per heavy atom. The molecule has 8 aromatic rings. The third-order valence-corrected chi connectivity index (χ3v) is 14.8. The molecule has 0 unspecified atom stereocenters. The zero-order valence-corrected chi connectivity index (χ0v) is 49.7. The molecule has 10 rings (SSSR count). The van der Waals surface area contributed by atoms with Gasteiger partial charge in [0.1, 0.15) is 25.4 Å².